The van der Waals surface area contributed by atoms with Crippen molar-refractivity contribution in [1.82, 2.24) is 5.32 Å². The summed E-state index contributed by atoms with van der Waals surface area (Å²) in [5.74, 6) is -0.273. The lowest BCUT2D eigenvalue weighted by Crippen LogP contribution is -2.41. The Labute approximate surface area is 168 Å². The Bertz CT molecular complexity index is 854. The van der Waals surface area contributed by atoms with Gasteiger partial charge in [-0.25, -0.2) is 0 Å². The van der Waals surface area contributed by atoms with Gasteiger partial charge in [0.25, 0.3) is 0 Å². The molecule has 8 heteroatoms. The number of hydrogen-bond donors (Lipinski definition) is 2. The van der Waals surface area contributed by atoms with Crippen LogP contribution in [0.2, 0.25) is 0 Å². The Hall–Kier alpha value is -2.16. The summed E-state index contributed by atoms with van der Waals surface area (Å²) in [6, 6.07) is 10.3. The van der Waals surface area contributed by atoms with Gasteiger partial charge in [0.15, 0.2) is 0 Å². The van der Waals surface area contributed by atoms with Crippen LogP contribution >= 0.6 is 22.7 Å². The van der Waals surface area contributed by atoms with Gasteiger partial charge in [0, 0.05) is 16.9 Å². The SMILES string of the molecule is O=C(CCc1ccc(C(F)(F)F)cc1)NC[C@](O)(c1ccsc1)c1cccs1. The number of carbonyl (C=O) groups is 1. The van der Waals surface area contributed by atoms with E-state index < -0.39 is 17.3 Å². The van der Waals surface area contributed by atoms with Crippen molar-refractivity contribution in [1.29, 1.82) is 0 Å². The molecular weight excluding hydrogens is 407 g/mol. The number of rotatable bonds is 7. The highest BCUT2D eigenvalue weighted by Crippen LogP contribution is 2.33. The predicted molar refractivity (Wildman–Crippen MR) is 104 cm³/mol. The van der Waals surface area contributed by atoms with Crippen LogP contribution in [-0.2, 0) is 23.0 Å². The highest BCUT2D eigenvalue weighted by Gasteiger charge is 2.33. The number of alkyl halides is 3. The first-order valence-electron chi connectivity index (χ1n) is 8.51. The molecule has 3 aromatic rings. The average molecular weight is 425 g/mol. The van der Waals surface area contributed by atoms with Gasteiger partial charge in [0.2, 0.25) is 5.91 Å². The van der Waals surface area contributed by atoms with Crippen molar-refractivity contribution >= 4 is 28.6 Å². The van der Waals surface area contributed by atoms with E-state index in [1.807, 2.05) is 34.3 Å². The zero-order chi connectivity index (χ0) is 20.2. The third kappa shape index (κ3) is 4.81. The second kappa shape index (κ2) is 8.46. The van der Waals surface area contributed by atoms with Gasteiger partial charge in [-0.05, 0) is 52.4 Å². The Morgan fingerprint density at radius 3 is 2.36 bits per heavy atom. The molecule has 3 nitrogen and oxygen atoms in total. The van der Waals surface area contributed by atoms with Gasteiger partial charge >= 0.3 is 6.18 Å². The maximum absolute atomic E-state index is 12.6. The summed E-state index contributed by atoms with van der Waals surface area (Å²) in [6.07, 6.45) is -3.93. The summed E-state index contributed by atoms with van der Waals surface area (Å²) in [5, 5.41) is 19.5. The van der Waals surface area contributed by atoms with E-state index in [4.69, 9.17) is 0 Å². The molecule has 2 aromatic heterocycles. The fourth-order valence-electron chi connectivity index (χ4n) is 2.78. The number of amides is 1. The number of thiophene rings is 2. The largest absolute Gasteiger partial charge is 0.416 e. The molecule has 0 saturated carbocycles. The summed E-state index contributed by atoms with van der Waals surface area (Å²) >= 11 is 2.86. The van der Waals surface area contributed by atoms with Crippen molar-refractivity contribution in [2.24, 2.45) is 0 Å². The van der Waals surface area contributed by atoms with Gasteiger partial charge in [0.1, 0.15) is 5.60 Å². The standard InChI is InChI=1S/C20H18F3NO2S2/c21-20(22,23)15-6-3-14(4-7-15)5-8-18(25)24-13-19(26,16-9-11-27-12-16)17-2-1-10-28-17/h1-4,6-7,9-12,26H,5,8,13H2,(H,24,25)/t19-/m0/s1. The minimum atomic E-state index is -4.37. The fourth-order valence-corrected chi connectivity index (χ4v) is 4.35. The molecule has 0 saturated heterocycles. The molecule has 0 spiro atoms. The van der Waals surface area contributed by atoms with E-state index in [-0.39, 0.29) is 18.9 Å². The molecule has 0 radical (unpaired) electrons. The molecule has 0 aliphatic rings. The third-order valence-electron chi connectivity index (χ3n) is 4.39. The van der Waals surface area contributed by atoms with Gasteiger partial charge in [-0.1, -0.05) is 18.2 Å². The normalized spacial score (nSPS) is 13.9. The van der Waals surface area contributed by atoms with E-state index in [1.165, 1.54) is 34.8 Å². The minimum absolute atomic E-state index is 0.0239. The number of carbonyl (C=O) groups excluding carboxylic acids is 1. The van der Waals surface area contributed by atoms with Crippen LogP contribution in [0.5, 0.6) is 0 Å². The fraction of sp³-hybridized carbons (Fsp3) is 0.250. The summed E-state index contributed by atoms with van der Waals surface area (Å²) < 4.78 is 37.8. The van der Waals surface area contributed by atoms with Crippen LogP contribution < -0.4 is 5.32 Å². The molecule has 0 bridgehead atoms. The van der Waals surface area contributed by atoms with Crippen LogP contribution in [-0.4, -0.2) is 17.6 Å². The quantitative estimate of drug-likeness (QED) is 0.571. The van der Waals surface area contributed by atoms with Gasteiger partial charge in [-0.15, -0.1) is 11.3 Å². The maximum atomic E-state index is 12.6. The Balaban J connectivity index is 1.58. The molecule has 1 aromatic carbocycles. The van der Waals surface area contributed by atoms with Crippen LogP contribution in [0.3, 0.4) is 0 Å². The van der Waals surface area contributed by atoms with Gasteiger partial charge in [-0.3, -0.25) is 4.79 Å². The van der Waals surface area contributed by atoms with Crippen LogP contribution in [0.1, 0.15) is 28.0 Å². The second-order valence-electron chi connectivity index (χ2n) is 6.32. The van der Waals surface area contributed by atoms with E-state index in [9.17, 15) is 23.1 Å². The lowest BCUT2D eigenvalue weighted by atomic mass is 9.94. The molecule has 28 heavy (non-hydrogen) atoms. The van der Waals surface area contributed by atoms with Gasteiger partial charge < -0.3 is 10.4 Å². The summed E-state index contributed by atoms with van der Waals surface area (Å²) in [6.45, 7) is 0.0239. The van der Waals surface area contributed by atoms with Crippen molar-refractivity contribution in [2.75, 3.05) is 6.54 Å². The molecule has 0 aliphatic carbocycles. The second-order valence-corrected chi connectivity index (χ2v) is 8.05. The molecular formula is C20H18F3NO2S2. The molecule has 0 unspecified atom stereocenters. The van der Waals surface area contributed by atoms with Crippen molar-refractivity contribution in [3.8, 4) is 0 Å². The third-order valence-corrected chi connectivity index (χ3v) is 6.10. The zero-order valence-electron chi connectivity index (χ0n) is 14.7. The predicted octanol–water partition coefficient (Wildman–Crippen LogP) is 4.81. The number of benzene rings is 1. The number of halogens is 3. The molecule has 2 heterocycles. The van der Waals surface area contributed by atoms with Crippen LogP contribution in [0.4, 0.5) is 13.2 Å². The van der Waals surface area contributed by atoms with Crippen molar-refractivity contribution in [3.63, 3.8) is 0 Å². The first-order valence-corrected chi connectivity index (χ1v) is 10.3. The number of nitrogens with one attached hydrogen (secondary N) is 1. The molecule has 148 valence electrons. The first kappa shape index (κ1) is 20.6. The van der Waals surface area contributed by atoms with Gasteiger partial charge in [0.05, 0.1) is 12.1 Å². The van der Waals surface area contributed by atoms with Gasteiger partial charge in [-0.2, -0.15) is 24.5 Å². The summed E-state index contributed by atoms with van der Waals surface area (Å²) in [4.78, 5) is 13.0. The van der Waals surface area contributed by atoms with Crippen LogP contribution in [0.25, 0.3) is 0 Å². The van der Waals surface area contributed by atoms with Crippen molar-refractivity contribution in [3.05, 3.63) is 80.2 Å². The van der Waals surface area contributed by atoms with Crippen LogP contribution in [0.15, 0.2) is 58.6 Å². The molecule has 0 aliphatic heterocycles. The van der Waals surface area contributed by atoms with E-state index in [2.05, 4.69) is 5.32 Å². The molecule has 3 rings (SSSR count). The number of hydrogen-bond acceptors (Lipinski definition) is 4. The maximum Gasteiger partial charge on any atom is 0.416 e. The highest BCUT2D eigenvalue weighted by molar-refractivity contribution is 7.10. The Morgan fingerprint density at radius 2 is 1.79 bits per heavy atom. The summed E-state index contributed by atoms with van der Waals surface area (Å²) in [5.41, 5.74) is -0.659. The van der Waals surface area contributed by atoms with E-state index in [0.717, 1.165) is 17.0 Å². The van der Waals surface area contributed by atoms with E-state index in [1.54, 1.807) is 0 Å². The van der Waals surface area contributed by atoms with E-state index in [0.29, 0.717) is 17.5 Å². The van der Waals surface area contributed by atoms with E-state index >= 15 is 0 Å². The number of aliphatic hydroxyl groups is 1. The Morgan fingerprint density at radius 1 is 1.04 bits per heavy atom. The molecule has 0 fully saturated rings. The topological polar surface area (TPSA) is 49.3 Å². The average Bonchev–Trinajstić information content (AvgIpc) is 3.38. The molecule has 1 atom stereocenters. The van der Waals surface area contributed by atoms with Crippen molar-refractivity contribution in [2.45, 2.75) is 24.6 Å². The lowest BCUT2D eigenvalue weighted by Gasteiger charge is -2.27. The first-order chi connectivity index (χ1) is 13.3. The summed E-state index contributed by atoms with van der Waals surface area (Å²) in [7, 11) is 0. The van der Waals surface area contributed by atoms with Crippen LogP contribution in [0, 0.1) is 0 Å². The molecule has 2 N–H and O–H groups in total. The lowest BCUT2D eigenvalue weighted by molar-refractivity contribution is -0.137. The zero-order valence-corrected chi connectivity index (χ0v) is 16.3. The number of aryl methyl sites for hydroxylation is 1. The Kier molecular flexibility index (Phi) is 6.22. The molecule has 1 amide bonds. The smallest absolute Gasteiger partial charge is 0.378 e. The highest BCUT2D eigenvalue weighted by atomic mass is 32.1. The van der Waals surface area contributed by atoms with Crippen molar-refractivity contribution < 1.29 is 23.1 Å². The monoisotopic (exact) mass is 425 g/mol. The minimum Gasteiger partial charge on any atom is -0.378 e.